The zero-order valence-corrected chi connectivity index (χ0v) is 40.5. The van der Waals surface area contributed by atoms with E-state index in [-0.39, 0.29) is 46.5 Å². The number of halogens is 4. The molecule has 0 atom stereocenters. The normalized spacial score (nSPS) is 12.3. The number of fused-ring (bicyclic) bond motifs is 3. The molecule has 5 heteroatoms. The fourth-order valence-corrected chi connectivity index (χ4v) is 6.28. The zero-order chi connectivity index (χ0) is 37.9. The molecule has 2 aliphatic rings. The maximum absolute atomic E-state index is 3.90. The second-order valence-electron chi connectivity index (χ2n) is 16.6. The van der Waals surface area contributed by atoms with Gasteiger partial charge in [-0.1, -0.05) is 115 Å². The van der Waals surface area contributed by atoms with Crippen molar-refractivity contribution in [3.05, 3.63) is 152 Å². The Labute approximate surface area is 362 Å². The summed E-state index contributed by atoms with van der Waals surface area (Å²) in [4.78, 5) is 0. The summed E-state index contributed by atoms with van der Waals surface area (Å²) in [6.45, 7) is 28.0. The third-order valence-electron chi connectivity index (χ3n) is 8.16. The molecule has 52 heavy (non-hydrogen) atoms. The molecular formula is C47H58Br2Cl2Zr-4. The maximum atomic E-state index is 3.90. The number of hydrogen-bond donors (Lipinski definition) is 0. The Balaban J connectivity index is 0.000000911. The van der Waals surface area contributed by atoms with Crippen molar-refractivity contribution in [3.63, 3.8) is 0 Å². The molecule has 0 radical (unpaired) electrons. The van der Waals surface area contributed by atoms with Crippen molar-refractivity contribution in [1.29, 1.82) is 0 Å². The van der Waals surface area contributed by atoms with Gasteiger partial charge in [-0.2, -0.15) is 84.4 Å². The average Bonchev–Trinajstić information content (AvgIpc) is 3.72. The Morgan fingerprint density at radius 2 is 1.10 bits per heavy atom. The first kappa shape index (κ1) is 50.7. The second-order valence-corrected chi connectivity index (χ2v) is 18.5. The molecule has 0 heterocycles. The molecule has 0 aliphatic heterocycles. The summed E-state index contributed by atoms with van der Waals surface area (Å²) in [5, 5.41) is 0. The predicted octanol–water partition coefficient (Wildman–Crippen LogP) is 14.9. The number of hydrogen-bond acceptors (Lipinski definition) is 0. The van der Waals surface area contributed by atoms with E-state index in [1.807, 2.05) is 60.7 Å². The van der Waals surface area contributed by atoms with Crippen LogP contribution in [0.4, 0.5) is 0 Å². The van der Waals surface area contributed by atoms with E-state index in [0.717, 1.165) is 21.8 Å². The molecule has 0 saturated heterocycles. The van der Waals surface area contributed by atoms with Crippen LogP contribution in [0.3, 0.4) is 0 Å². The molecule has 6 rings (SSSR count). The number of allylic oxidation sites excluding steroid dienone is 4. The summed E-state index contributed by atoms with van der Waals surface area (Å²) in [6, 6.07) is 32.5. The Hall–Kier alpha value is -1.35. The van der Waals surface area contributed by atoms with E-state index in [0.29, 0.717) is 0 Å². The topological polar surface area (TPSA) is 0 Å². The molecule has 4 aromatic carbocycles. The first-order chi connectivity index (χ1) is 23.2. The van der Waals surface area contributed by atoms with Crippen molar-refractivity contribution in [2.45, 2.75) is 118 Å². The predicted molar refractivity (Wildman–Crippen MR) is 237 cm³/mol. The van der Waals surface area contributed by atoms with Gasteiger partial charge >= 0.3 is 28.4 Å². The molecular weight excluding hydrogens is 886 g/mol. The first-order valence-corrected chi connectivity index (χ1v) is 20.6. The quantitative estimate of drug-likeness (QED) is 0.136. The molecule has 0 spiro atoms. The van der Waals surface area contributed by atoms with Gasteiger partial charge in [-0.25, -0.2) is 12.2 Å². The van der Waals surface area contributed by atoms with Crippen LogP contribution >= 0.6 is 56.7 Å². The van der Waals surface area contributed by atoms with Gasteiger partial charge in [0.15, 0.2) is 0 Å². The standard InChI is InChI=1S/C29H41.2C6H4Br.C5H5.CH2.2ClH.Zr/c1-26(2,3)22-14-18-13-19-15-23(27(4,5)6)25(29(10,11)12)17-21(19)20(18)16-24(22)28(7,8)9;2*7-6-4-2-1-3-5-6;1-2-4-5-3-1;;;;/h14,16-17H,13H2,1-12H3;2*1-2,4-5H;1-3H,4H2;1H2;2*1H;/q4*-1;;;;. The van der Waals surface area contributed by atoms with E-state index in [2.05, 4.69) is 168 Å². The van der Waals surface area contributed by atoms with Gasteiger partial charge in [-0.15, -0.1) is 79.8 Å². The van der Waals surface area contributed by atoms with Gasteiger partial charge in [-0.3, -0.25) is 6.08 Å². The monoisotopic (exact) mass is 940 g/mol. The molecule has 4 aromatic rings. The van der Waals surface area contributed by atoms with Crippen LogP contribution in [0.2, 0.25) is 0 Å². The SMILES string of the molecule is Brc1c[c-]ccc1.Brc1c[c-]ccc1.CC(C)(C)c1[c-]c2c(cc1C(C)(C)C)-c1cc(C(C)(C)C)c(C(C)(C)C)cc1C2.Cl.Cl.[C-]1=CC=CC1.[CH2]=[Zr]. The van der Waals surface area contributed by atoms with Gasteiger partial charge in [0.1, 0.15) is 0 Å². The van der Waals surface area contributed by atoms with Crippen LogP contribution in [0.5, 0.6) is 0 Å². The van der Waals surface area contributed by atoms with Crippen LogP contribution in [0.1, 0.15) is 123 Å². The molecule has 0 fully saturated rings. The van der Waals surface area contributed by atoms with E-state index in [4.69, 9.17) is 0 Å². The third-order valence-corrected chi connectivity index (χ3v) is 9.14. The van der Waals surface area contributed by atoms with E-state index in [9.17, 15) is 0 Å². The molecule has 0 nitrogen and oxygen atoms in total. The van der Waals surface area contributed by atoms with Crippen molar-refractivity contribution in [2.24, 2.45) is 0 Å². The van der Waals surface area contributed by atoms with E-state index >= 15 is 0 Å². The van der Waals surface area contributed by atoms with Crippen LogP contribution in [0, 0.1) is 24.3 Å². The van der Waals surface area contributed by atoms with Gasteiger partial charge in [-0.05, 0) is 39.4 Å². The molecule has 2 aliphatic carbocycles. The number of rotatable bonds is 0. The van der Waals surface area contributed by atoms with Gasteiger partial charge < -0.3 is 0 Å². The zero-order valence-electron chi connectivity index (χ0n) is 33.3. The van der Waals surface area contributed by atoms with Crippen molar-refractivity contribution >= 4 is 60.9 Å². The van der Waals surface area contributed by atoms with Crippen LogP contribution in [0.25, 0.3) is 11.1 Å². The third kappa shape index (κ3) is 15.8. The van der Waals surface area contributed by atoms with Crippen molar-refractivity contribution in [2.75, 3.05) is 0 Å². The van der Waals surface area contributed by atoms with Crippen LogP contribution < -0.4 is 0 Å². The van der Waals surface area contributed by atoms with Crippen LogP contribution in [-0.2, 0) is 52.3 Å². The summed E-state index contributed by atoms with van der Waals surface area (Å²) in [7, 11) is 0. The summed E-state index contributed by atoms with van der Waals surface area (Å²) in [5.41, 5.74) is 11.9. The molecule has 0 aromatic heterocycles. The van der Waals surface area contributed by atoms with Crippen molar-refractivity contribution < 1.29 is 24.2 Å². The second kappa shape index (κ2) is 22.3. The van der Waals surface area contributed by atoms with E-state index in [1.165, 1.54) is 68.7 Å². The molecule has 0 N–H and O–H groups in total. The van der Waals surface area contributed by atoms with Gasteiger partial charge in [0, 0.05) is 0 Å². The Kier molecular flexibility index (Phi) is 21.7. The Morgan fingerprint density at radius 1 is 0.635 bits per heavy atom. The van der Waals surface area contributed by atoms with Gasteiger partial charge in [0.05, 0.1) is 0 Å². The summed E-state index contributed by atoms with van der Waals surface area (Å²) < 4.78 is 5.50. The summed E-state index contributed by atoms with van der Waals surface area (Å²) in [6.07, 6.45) is 11.0. The van der Waals surface area contributed by atoms with Crippen molar-refractivity contribution in [1.82, 2.24) is 0 Å². The van der Waals surface area contributed by atoms with E-state index < -0.39 is 0 Å². The minimum absolute atomic E-state index is 0. The van der Waals surface area contributed by atoms with Gasteiger partial charge in [0.25, 0.3) is 0 Å². The van der Waals surface area contributed by atoms with Crippen LogP contribution in [-0.4, -0.2) is 4.21 Å². The van der Waals surface area contributed by atoms with E-state index in [1.54, 1.807) is 0 Å². The van der Waals surface area contributed by atoms with Crippen LogP contribution in [0.15, 0.2) is 93.9 Å². The average molecular weight is 945 g/mol. The first-order valence-electron chi connectivity index (χ1n) is 17.3. The minimum atomic E-state index is 0. The summed E-state index contributed by atoms with van der Waals surface area (Å²) >= 11 is 7.86. The molecule has 0 amide bonds. The molecule has 0 unspecified atom stereocenters. The molecule has 0 saturated carbocycles. The molecule has 282 valence electrons. The number of benzene rings is 4. The Morgan fingerprint density at radius 3 is 1.40 bits per heavy atom. The Bertz CT molecular complexity index is 1590. The van der Waals surface area contributed by atoms with Gasteiger partial charge in [0.2, 0.25) is 0 Å². The molecule has 0 bridgehead atoms. The summed E-state index contributed by atoms with van der Waals surface area (Å²) in [5.74, 6) is 0. The fourth-order valence-electron chi connectivity index (χ4n) is 5.71. The van der Waals surface area contributed by atoms with Crippen molar-refractivity contribution in [3.8, 4) is 11.1 Å². The fraction of sp³-hybridized carbons (Fsp3) is 0.383.